The fourth-order valence-corrected chi connectivity index (χ4v) is 3.74. The van der Waals surface area contributed by atoms with Crippen LogP contribution >= 0.6 is 0 Å². The number of ether oxygens (including phenoxy) is 3. The summed E-state index contributed by atoms with van der Waals surface area (Å²) in [5, 5.41) is 12.3. The molecule has 1 saturated heterocycles. The number of methoxy groups -OCH3 is 3. The van der Waals surface area contributed by atoms with E-state index in [-0.39, 0.29) is 11.9 Å². The highest BCUT2D eigenvalue weighted by Crippen LogP contribution is 2.28. The zero-order chi connectivity index (χ0) is 20.7. The van der Waals surface area contributed by atoms with Crippen molar-refractivity contribution in [2.45, 2.75) is 38.3 Å². The zero-order valence-electron chi connectivity index (χ0n) is 16.9. The van der Waals surface area contributed by atoms with E-state index in [1.165, 1.54) is 12.0 Å². The molecule has 28 heavy (non-hydrogen) atoms. The molecule has 1 aromatic rings. The number of hydrogen-bond donors (Lipinski definition) is 2. The van der Waals surface area contributed by atoms with E-state index < -0.39 is 18.1 Å². The number of rotatable bonds is 9. The molecule has 8 heteroatoms. The minimum Gasteiger partial charge on any atom is -0.493 e. The standard InChI is InChI=1S/C20H30N2O6/c1-13(18(28-4)15-6-5-11-22(15)20(24)25)19(23)21-10-9-14-7-8-16(26-2)17(12-14)27-3/h7-8,12-13,15,18H,5-6,9-11H2,1-4H3,(H,21,23)(H,24,25)/t13?,15-,18+/m0/s1. The number of carbonyl (C=O) groups excluding carboxylic acids is 1. The van der Waals surface area contributed by atoms with Crippen LogP contribution in [0.1, 0.15) is 25.3 Å². The van der Waals surface area contributed by atoms with Crippen LogP contribution in [0.5, 0.6) is 11.5 Å². The van der Waals surface area contributed by atoms with Crippen LogP contribution in [-0.2, 0) is 16.0 Å². The second-order valence-corrected chi connectivity index (χ2v) is 6.90. The number of carboxylic acid groups (broad SMARTS) is 1. The lowest BCUT2D eigenvalue weighted by Gasteiger charge is -2.32. The topological polar surface area (TPSA) is 97.3 Å². The first-order valence-corrected chi connectivity index (χ1v) is 9.43. The SMILES string of the molecule is COc1ccc(CCNC(=O)C(C)[C@@H](OC)[C@@H]2CCCN2C(=O)O)cc1OC. The number of nitrogens with zero attached hydrogens (tertiary/aromatic N) is 1. The molecule has 0 radical (unpaired) electrons. The number of amides is 2. The van der Waals surface area contributed by atoms with E-state index in [1.54, 1.807) is 21.1 Å². The van der Waals surface area contributed by atoms with Crippen molar-refractivity contribution in [2.24, 2.45) is 5.92 Å². The Labute approximate surface area is 165 Å². The Morgan fingerprint density at radius 1 is 1.25 bits per heavy atom. The van der Waals surface area contributed by atoms with Crippen LogP contribution in [0.2, 0.25) is 0 Å². The van der Waals surface area contributed by atoms with Crippen molar-refractivity contribution in [1.29, 1.82) is 0 Å². The summed E-state index contributed by atoms with van der Waals surface area (Å²) in [5.74, 6) is 0.699. The van der Waals surface area contributed by atoms with Crippen molar-refractivity contribution in [2.75, 3.05) is 34.4 Å². The van der Waals surface area contributed by atoms with E-state index in [0.717, 1.165) is 12.0 Å². The van der Waals surface area contributed by atoms with Crippen molar-refractivity contribution >= 4 is 12.0 Å². The van der Waals surface area contributed by atoms with E-state index in [4.69, 9.17) is 14.2 Å². The largest absolute Gasteiger partial charge is 0.493 e. The van der Waals surface area contributed by atoms with E-state index in [9.17, 15) is 14.7 Å². The second kappa shape index (κ2) is 10.2. The molecule has 1 heterocycles. The molecule has 8 nitrogen and oxygen atoms in total. The van der Waals surface area contributed by atoms with Gasteiger partial charge in [0.05, 0.1) is 32.3 Å². The average molecular weight is 394 g/mol. The Kier molecular flexibility index (Phi) is 7.92. The maximum atomic E-state index is 12.6. The van der Waals surface area contributed by atoms with Gasteiger partial charge in [0, 0.05) is 20.2 Å². The van der Waals surface area contributed by atoms with Gasteiger partial charge in [0.2, 0.25) is 5.91 Å². The van der Waals surface area contributed by atoms with Crippen LogP contribution in [0.4, 0.5) is 4.79 Å². The summed E-state index contributed by atoms with van der Waals surface area (Å²) in [4.78, 5) is 25.4. The fraction of sp³-hybridized carbons (Fsp3) is 0.600. The fourth-order valence-electron chi connectivity index (χ4n) is 3.74. The molecule has 1 unspecified atom stereocenters. The zero-order valence-corrected chi connectivity index (χ0v) is 16.9. The van der Waals surface area contributed by atoms with Crippen LogP contribution in [0.3, 0.4) is 0 Å². The molecule has 2 rings (SSSR count). The summed E-state index contributed by atoms with van der Waals surface area (Å²) >= 11 is 0. The third-order valence-corrected chi connectivity index (χ3v) is 5.26. The normalized spacial score (nSPS) is 18.4. The van der Waals surface area contributed by atoms with Crippen LogP contribution < -0.4 is 14.8 Å². The lowest BCUT2D eigenvalue weighted by atomic mass is 9.95. The van der Waals surface area contributed by atoms with Crippen LogP contribution in [0, 0.1) is 5.92 Å². The van der Waals surface area contributed by atoms with Gasteiger partial charge in [-0.05, 0) is 37.0 Å². The highest BCUT2D eigenvalue weighted by atomic mass is 16.5. The van der Waals surface area contributed by atoms with Crippen LogP contribution in [0.25, 0.3) is 0 Å². The van der Waals surface area contributed by atoms with E-state index in [1.807, 2.05) is 18.2 Å². The Morgan fingerprint density at radius 3 is 2.57 bits per heavy atom. The van der Waals surface area contributed by atoms with Crippen LogP contribution in [-0.4, -0.2) is 68.6 Å². The van der Waals surface area contributed by atoms with Crippen molar-refractivity contribution in [1.82, 2.24) is 10.2 Å². The Morgan fingerprint density at radius 2 is 1.96 bits per heavy atom. The lowest BCUT2D eigenvalue weighted by Crippen LogP contribution is -2.49. The summed E-state index contributed by atoms with van der Waals surface area (Å²) in [7, 11) is 4.69. The number of nitrogens with one attached hydrogen (secondary N) is 1. The molecule has 1 fully saturated rings. The van der Waals surface area contributed by atoms with Gasteiger partial charge in [-0.15, -0.1) is 0 Å². The maximum absolute atomic E-state index is 12.6. The molecule has 0 saturated carbocycles. The molecule has 3 atom stereocenters. The first-order chi connectivity index (χ1) is 13.4. The Hall–Kier alpha value is -2.48. The minimum atomic E-state index is -0.967. The number of likely N-dealkylation sites (tertiary alicyclic amines) is 1. The van der Waals surface area contributed by atoms with Gasteiger partial charge in [-0.25, -0.2) is 4.79 Å². The van der Waals surface area contributed by atoms with Gasteiger partial charge in [-0.3, -0.25) is 4.79 Å². The molecule has 0 bridgehead atoms. The van der Waals surface area contributed by atoms with Gasteiger partial charge in [-0.1, -0.05) is 13.0 Å². The summed E-state index contributed by atoms with van der Waals surface area (Å²) in [6.07, 6.45) is 0.685. The highest BCUT2D eigenvalue weighted by Gasteiger charge is 2.39. The first-order valence-electron chi connectivity index (χ1n) is 9.43. The summed E-state index contributed by atoms with van der Waals surface area (Å²) < 4.78 is 16.0. The van der Waals surface area contributed by atoms with Gasteiger partial charge in [0.25, 0.3) is 0 Å². The molecule has 156 valence electrons. The monoisotopic (exact) mass is 394 g/mol. The molecule has 2 N–H and O–H groups in total. The molecule has 1 aromatic carbocycles. The van der Waals surface area contributed by atoms with Gasteiger partial charge in [0.15, 0.2) is 11.5 Å². The molecule has 1 aliphatic heterocycles. The third-order valence-electron chi connectivity index (χ3n) is 5.26. The van der Waals surface area contributed by atoms with E-state index in [2.05, 4.69) is 5.32 Å². The average Bonchev–Trinajstić information content (AvgIpc) is 3.18. The minimum absolute atomic E-state index is 0.149. The van der Waals surface area contributed by atoms with Crippen molar-refractivity contribution in [3.05, 3.63) is 23.8 Å². The first kappa shape index (κ1) is 21.8. The molecule has 2 amide bonds. The van der Waals surface area contributed by atoms with Gasteiger partial charge in [-0.2, -0.15) is 0 Å². The maximum Gasteiger partial charge on any atom is 0.407 e. The van der Waals surface area contributed by atoms with E-state index >= 15 is 0 Å². The third kappa shape index (κ3) is 5.07. The van der Waals surface area contributed by atoms with Crippen molar-refractivity contribution in [3.8, 4) is 11.5 Å². The van der Waals surface area contributed by atoms with Gasteiger partial charge in [0.1, 0.15) is 0 Å². The second-order valence-electron chi connectivity index (χ2n) is 6.90. The van der Waals surface area contributed by atoms with Crippen molar-refractivity contribution < 1.29 is 28.9 Å². The summed E-state index contributed by atoms with van der Waals surface area (Å²) in [6.45, 7) is 2.72. The molecule has 1 aliphatic rings. The predicted octanol–water partition coefficient (Wildman–Crippen LogP) is 2.16. The predicted molar refractivity (Wildman–Crippen MR) is 104 cm³/mol. The number of benzene rings is 1. The Bertz CT molecular complexity index is 681. The van der Waals surface area contributed by atoms with Crippen molar-refractivity contribution in [3.63, 3.8) is 0 Å². The van der Waals surface area contributed by atoms with Crippen LogP contribution in [0.15, 0.2) is 18.2 Å². The van der Waals surface area contributed by atoms with Gasteiger partial charge < -0.3 is 29.5 Å². The Balaban J connectivity index is 1.92. The molecule has 0 spiro atoms. The quantitative estimate of drug-likeness (QED) is 0.666. The summed E-state index contributed by atoms with van der Waals surface area (Å²) in [6, 6.07) is 5.35. The van der Waals surface area contributed by atoms with Gasteiger partial charge >= 0.3 is 6.09 Å². The summed E-state index contributed by atoms with van der Waals surface area (Å²) in [5.41, 5.74) is 1.02. The number of carbonyl (C=O) groups is 2. The lowest BCUT2D eigenvalue weighted by molar-refractivity contribution is -0.130. The molecular weight excluding hydrogens is 364 g/mol. The highest BCUT2D eigenvalue weighted by molar-refractivity contribution is 5.79. The molecule has 0 aromatic heterocycles. The smallest absolute Gasteiger partial charge is 0.407 e. The molecular formula is C20H30N2O6. The van der Waals surface area contributed by atoms with E-state index in [0.29, 0.717) is 37.4 Å². The molecule has 0 aliphatic carbocycles. The number of hydrogen-bond acceptors (Lipinski definition) is 5.